The number of piperidine rings is 1. The summed E-state index contributed by atoms with van der Waals surface area (Å²) in [6.07, 6.45) is 2.22. The maximum Gasteiger partial charge on any atom is 0.251 e. The number of carbonyl (C=O) groups is 1. The van der Waals surface area contributed by atoms with Crippen molar-refractivity contribution in [3.8, 4) is 0 Å². The van der Waals surface area contributed by atoms with E-state index in [-0.39, 0.29) is 16.8 Å². The van der Waals surface area contributed by atoms with Crippen LogP contribution in [0, 0.1) is 5.92 Å². The normalized spacial score (nSPS) is 18.8. The predicted molar refractivity (Wildman–Crippen MR) is 94.5 cm³/mol. The minimum absolute atomic E-state index is 0.144. The van der Waals surface area contributed by atoms with E-state index < -0.39 is 10.0 Å². The van der Waals surface area contributed by atoms with Gasteiger partial charge in [0.2, 0.25) is 10.0 Å². The van der Waals surface area contributed by atoms with Gasteiger partial charge in [0.15, 0.2) is 0 Å². The van der Waals surface area contributed by atoms with Crippen LogP contribution in [0.25, 0.3) is 0 Å². The molecule has 0 saturated carbocycles. The lowest BCUT2D eigenvalue weighted by Crippen LogP contribution is -2.38. The third kappa shape index (κ3) is 4.55. The number of hydrogen-bond acceptors (Lipinski definition) is 4. The van der Waals surface area contributed by atoms with Gasteiger partial charge in [-0.05, 0) is 63.9 Å². The van der Waals surface area contributed by atoms with Gasteiger partial charge in [0.1, 0.15) is 0 Å². The van der Waals surface area contributed by atoms with Gasteiger partial charge in [0.25, 0.3) is 5.91 Å². The van der Waals surface area contributed by atoms with Gasteiger partial charge in [-0.3, -0.25) is 4.79 Å². The molecule has 1 amide bonds. The molecule has 24 heavy (non-hydrogen) atoms. The van der Waals surface area contributed by atoms with E-state index in [0.717, 1.165) is 25.9 Å². The highest BCUT2D eigenvalue weighted by molar-refractivity contribution is 7.89. The van der Waals surface area contributed by atoms with Crippen LogP contribution >= 0.6 is 0 Å². The first-order valence-corrected chi connectivity index (χ1v) is 9.83. The molecule has 1 aromatic carbocycles. The van der Waals surface area contributed by atoms with Crippen LogP contribution in [0.15, 0.2) is 29.2 Å². The van der Waals surface area contributed by atoms with Gasteiger partial charge in [-0.2, -0.15) is 4.31 Å². The van der Waals surface area contributed by atoms with Gasteiger partial charge in [-0.15, -0.1) is 0 Å². The van der Waals surface area contributed by atoms with E-state index in [1.165, 1.54) is 16.4 Å². The molecule has 0 spiro atoms. The lowest BCUT2D eigenvalue weighted by Gasteiger charge is -2.23. The minimum Gasteiger partial charge on any atom is -0.352 e. The quantitative estimate of drug-likeness (QED) is 0.811. The number of sulfonamides is 1. The van der Waals surface area contributed by atoms with Crippen molar-refractivity contribution < 1.29 is 13.2 Å². The van der Waals surface area contributed by atoms with E-state index in [1.807, 2.05) is 13.8 Å². The van der Waals surface area contributed by atoms with E-state index in [4.69, 9.17) is 0 Å². The largest absolute Gasteiger partial charge is 0.352 e. The molecule has 1 atom stereocenters. The van der Waals surface area contributed by atoms with Crippen molar-refractivity contribution in [3.05, 3.63) is 29.8 Å². The number of hydrogen-bond donors (Lipinski definition) is 2. The monoisotopic (exact) mass is 353 g/mol. The summed E-state index contributed by atoms with van der Waals surface area (Å²) in [7, 11) is -2.04. The van der Waals surface area contributed by atoms with Crippen LogP contribution < -0.4 is 10.6 Å². The third-order valence-corrected chi connectivity index (χ3v) is 6.48. The van der Waals surface area contributed by atoms with Crippen LogP contribution in [0.5, 0.6) is 0 Å². The summed E-state index contributed by atoms with van der Waals surface area (Å²) in [5, 5.41) is 6.23. The van der Waals surface area contributed by atoms with E-state index in [2.05, 4.69) is 10.6 Å². The lowest BCUT2D eigenvalue weighted by atomic mass is 10.00. The summed E-state index contributed by atoms with van der Waals surface area (Å²) in [4.78, 5) is 12.5. The summed E-state index contributed by atoms with van der Waals surface area (Å²) < 4.78 is 26.4. The Labute approximate surface area is 144 Å². The van der Waals surface area contributed by atoms with E-state index >= 15 is 0 Å². The van der Waals surface area contributed by atoms with Crippen molar-refractivity contribution in [2.75, 3.05) is 26.7 Å². The molecule has 1 heterocycles. The second-order valence-corrected chi connectivity index (χ2v) is 8.56. The number of nitrogens with one attached hydrogen (secondary N) is 2. The molecule has 134 valence electrons. The molecule has 2 N–H and O–H groups in total. The van der Waals surface area contributed by atoms with Crippen LogP contribution in [0.4, 0.5) is 0 Å². The first kappa shape index (κ1) is 18.9. The molecule has 1 fully saturated rings. The van der Waals surface area contributed by atoms with E-state index in [1.54, 1.807) is 19.2 Å². The molecule has 1 aromatic rings. The Morgan fingerprint density at radius 3 is 2.79 bits per heavy atom. The van der Waals surface area contributed by atoms with Crippen molar-refractivity contribution in [2.45, 2.75) is 37.6 Å². The van der Waals surface area contributed by atoms with Crippen LogP contribution in [-0.4, -0.2) is 51.4 Å². The maximum absolute atomic E-state index is 12.5. The smallest absolute Gasteiger partial charge is 0.251 e. The Hall–Kier alpha value is -1.44. The minimum atomic E-state index is -3.59. The van der Waals surface area contributed by atoms with E-state index in [9.17, 15) is 13.2 Å². The van der Waals surface area contributed by atoms with Gasteiger partial charge in [0.05, 0.1) is 4.90 Å². The molecule has 0 bridgehead atoms. The molecule has 1 unspecified atom stereocenters. The van der Waals surface area contributed by atoms with Crippen LogP contribution in [-0.2, 0) is 10.0 Å². The van der Waals surface area contributed by atoms with Gasteiger partial charge >= 0.3 is 0 Å². The fraction of sp³-hybridized carbons (Fsp3) is 0.588. The average molecular weight is 353 g/mol. The van der Waals surface area contributed by atoms with Crippen molar-refractivity contribution in [3.63, 3.8) is 0 Å². The highest BCUT2D eigenvalue weighted by Gasteiger charge is 2.24. The van der Waals surface area contributed by atoms with Gasteiger partial charge in [0, 0.05) is 25.2 Å². The topological polar surface area (TPSA) is 78.5 Å². The van der Waals surface area contributed by atoms with Crippen molar-refractivity contribution in [1.29, 1.82) is 0 Å². The second kappa shape index (κ2) is 8.09. The zero-order valence-corrected chi connectivity index (χ0v) is 15.4. The van der Waals surface area contributed by atoms with Crippen LogP contribution in [0.2, 0.25) is 0 Å². The summed E-state index contributed by atoms with van der Waals surface area (Å²) in [5.41, 5.74) is 0.372. The zero-order chi connectivity index (χ0) is 17.7. The molecule has 0 aliphatic carbocycles. The van der Waals surface area contributed by atoms with Gasteiger partial charge in [-0.1, -0.05) is 6.07 Å². The molecule has 0 radical (unpaired) electrons. The maximum atomic E-state index is 12.5. The molecule has 1 aliphatic heterocycles. The Bertz CT molecular complexity index is 667. The fourth-order valence-corrected chi connectivity index (χ4v) is 4.09. The van der Waals surface area contributed by atoms with Crippen LogP contribution in [0.1, 0.15) is 37.0 Å². The zero-order valence-electron chi connectivity index (χ0n) is 14.6. The highest BCUT2D eigenvalue weighted by Crippen LogP contribution is 2.18. The lowest BCUT2D eigenvalue weighted by molar-refractivity contribution is 0.0944. The van der Waals surface area contributed by atoms with E-state index in [0.29, 0.717) is 18.0 Å². The SMILES string of the molecule is CC(C)N(C)S(=O)(=O)c1cccc(C(=O)NCC2CCCNC2)c1. The summed E-state index contributed by atoms with van der Waals surface area (Å²) in [6, 6.07) is 6.07. The first-order chi connectivity index (χ1) is 11.3. The molecular formula is C17H27N3O3S. The van der Waals surface area contributed by atoms with Crippen molar-refractivity contribution in [1.82, 2.24) is 14.9 Å². The number of carbonyl (C=O) groups excluding carboxylic acids is 1. The Morgan fingerprint density at radius 1 is 1.42 bits per heavy atom. The summed E-state index contributed by atoms with van der Waals surface area (Å²) >= 11 is 0. The Kier molecular flexibility index (Phi) is 6.37. The standard InChI is InChI=1S/C17H27N3O3S/c1-13(2)20(3)24(22,23)16-8-4-7-15(10-16)17(21)19-12-14-6-5-9-18-11-14/h4,7-8,10,13-14,18H,5-6,9,11-12H2,1-3H3,(H,19,21). The third-order valence-electron chi connectivity index (χ3n) is 4.45. The molecule has 1 aliphatic rings. The molecule has 6 nitrogen and oxygen atoms in total. The predicted octanol–water partition coefficient (Wildman–Crippen LogP) is 1.44. The summed E-state index contributed by atoms with van der Waals surface area (Å²) in [6.45, 7) is 6.18. The highest BCUT2D eigenvalue weighted by atomic mass is 32.2. The Balaban J connectivity index is 2.07. The second-order valence-electron chi connectivity index (χ2n) is 6.57. The van der Waals surface area contributed by atoms with Crippen molar-refractivity contribution in [2.24, 2.45) is 5.92 Å². The van der Waals surface area contributed by atoms with Crippen LogP contribution in [0.3, 0.4) is 0 Å². The molecule has 0 aromatic heterocycles. The van der Waals surface area contributed by atoms with Gasteiger partial charge < -0.3 is 10.6 Å². The average Bonchev–Trinajstić information content (AvgIpc) is 2.59. The molecule has 7 heteroatoms. The number of amides is 1. The number of rotatable bonds is 6. The first-order valence-electron chi connectivity index (χ1n) is 8.39. The molecular weight excluding hydrogens is 326 g/mol. The number of benzene rings is 1. The fourth-order valence-electron chi connectivity index (χ4n) is 2.68. The molecule has 2 rings (SSSR count). The number of nitrogens with zero attached hydrogens (tertiary/aromatic N) is 1. The Morgan fingerprint density at radius 2 is 2.17 bits per heavy atom. The van der Waals surface area contributed by atoms with Gasteiger partial charge in [-0.25, -0.2) is 8.42 Å². The molecule has 1 saturated heterocycles. The van der Waals surface area contributed by atoms with Crippen molar-refractivity contribution >= 4 is 15.9 Å². The summed E-state index contributed by atoms with van der Waals surface area (Å²) in [5.74, 6) is 0.200.